The number of amides is 1. The van der Waals surface area contributed by atoms with Gasteiger partial charge in [-0.1, -0.05) is 42.5 Å². The number of piperazine rings is 1. The van der Waals surface area contributed by atoms with E-state index in [0.717, 1.165) is 35.7 Å². The number of carbonyl (C=O) groups excluding carboxylic acids is 1. The van der Waals surface area contributed by atoms with Gasteiger partial charge < -0.3 is 14.5 Å². The second-order valence-electron chi connectivity index (χ2n) is 8.30. The zero-order chi connectivity index (χ0) is 24.7. The van der Waals surface area contributed by atoms with Crippen LogP contribution in [0.3, 0.4) is 0 Å². The Labute approximate surface area is 206 Å². The highest BCUT2D eigenvalue weighted by Gasteiger charge is 2.21. The first-order valence-corrected chi connectivity index (χ1v) is 13.0. The molecule has 0 unspecified atom stereocenters. The van der Waals surface area contributed by atoms with Crippen molar-refractivity contribution in [3.63, 3.8) is 0 Å². The molecule has 1 heterocycles. The van der Waals surface area contributed by atoms with Gasteiger partial charge in [0.2, 0.25) is 5.91 Å². The maximum absolute atomic E-state index is 12.7. The van der Waals surface area contributed by atoms with E-state index in [-0.39, 0.29) is 5.91 Å². The van der Waals surface area contributed by atoms with Crippen molar-refractivity contribution < 1.29 is 17.9 Å². The molecule has 0 aliphatic carbocycles. The minimum atomic E-state index is -3.61. The second kappa shape index (κ2) is 11.1. The summed E-state index contributed by atoms with van der Waals surface area (Å²) >= 11 is 0. The molecule has 1 fully saturated rings. The van der Waals surface area contributed by atoms with Crippen LogP contribution >= 0.6 is 0 Å². The van der Waals surface area contributed by atoms with Crippen molar-refractivity contribution in [2.24, 2.45) is 0 Å². The molecule has 1 aliphatic rings. The third-order valence-corrected chi connectivity index (χ3v) is 6.89. The zero-order valence-corrected chi connectivity index (χ0v) is 20.4. The summed E-state index contributed by atoms with van der Waals surface area (Å²) < 4.78 is 32.5. The summed E-state index contributed by atoms with van der Waals surface area (Å²) in [6.07, 6.45) is 1.93. The number of carbonyl (C=O) groups is 1. The van der Waals surface area contributed by atoms with Crippen molar-refractivity contribution in [3.8, 4) is 5.75 Å². The Kier molecular flexibility index (Phi) is 7.72. The monoisotopic (exact) mass is 491 g/mol. The summed E-state index contributed by atoms with van der Waals surface area (Å²) in [5.74, 6) is 0.889. The summed E-state index contributed by atoms with van der Waals surface area (Å²) in [4.78, 5) is 16.8. The quantitative estimate of drug-likeness (QED) is 0.515. The van der Waals surface area contributed by atoms with E-state index in [1.807, 2.05) is 71.6 Å². The number of nitrogens with one attached hydrogen (secondary N) is 1. The van der Waals surface area contributed by atoms with E-state index < -0.39 is 10.0 Å². The van der Waals surface area contributed by atoms with Crippen LogP contribution in [0.1, 0.15) is 11.1 Å². The van der Waals surface area contributed by atoms with Gasteiger partial charge >= 0.3 is 0 Å². The Hall–Kier alpha value is -3.78. The van der Waals surface area contributed by atoms with Crippen molar-refractivity contribution in [3.05, 3.63) is 95.4 Å². The fourth-order valence-corrected chi connectivity index (χ4v) is 4.78. The number of sulfonamides is 1. The van der Waals surface area contributed by atoms with Crippen LogP contribution in [0.5, 0.6) is 5.75 Å². The van der Waals surface area contributed by atoms with E-state index in [9.17, 15) is 13.2 Å². The SMILES string of the molecule is COc1ccc(CC(=O)N2CCN(c3ccc(NS(=O)(=O)C=Cc4ccccc4)cc3)CC2)cc1. The Balaban J connectivity index is 1.28. The lowest BCUT2D eigenvalue weighted by Crippen LogP contribution is -2.49. The average molecular weight is 492 g/mol. The molecule has 0 spiro atoms. The topological polar surface area (TPSA) is 79.0 Å². The fraction of sp³-hybridized carbons (Fsp3) is 0.222. The van der Waals surface area contributed by atoms with Crippen molar-refractivity contribution >= 4 is 33.4 Å². The van der Waals surface area contributed by atoms with Gasteiger partial charge in [0.25, 0.3) is 10.0 Å². The predicted molar refractivity (Wildman–Crippen MR) is 140 cm³/mol. The van der Waals surface area contributed by atoms with Crippen LogP contribution < -0.4 is 14.4 Å². The first-order chi connectivity index (χ1) is 16.9. The molecule has 182 valence electrons. The maximum Gasteiger partial charge on any atom is 0.255 e. The molecule has 3 aromatic carbocycles. The van der Waals surface area contributed by atoms with E-state index in [1.165, 1.54) is 5.41 Å². The molecule has 0 aromatic heterocycles. The lowest BCUT2D eigenvalue weighted by Gasteiger charge is -2.36. The van der Waals surface area contributed by atoms with Crippen LogP contribution in [0.25, 0.3) is 6.08 Å². The fourth-order valence-electron chi connectivity index (χ4n) is 3.91. The average Bonchev–Trinajstić information content (AvgIpc) is 2.89. The Morgan fingerprint density at radius 3 is 2.20 bits per heavy atom. The number of hydrogen-bond acceptors (Lipinski definition) is 5. The van der Waals surface area contributed by atoms with Crippen LogP contribution in [0.4, 0.5) is 11.4 Å². The summed E-state index contributed by atoms with van der Waals surface area (Å²) in [5.41, 5.74) is 3.28. The molecule has 1 saturated heterocycles. The number of nitrogens with zero attached hydrogens (tertiary/aromatic N) is 2. The van der Waals surface area contributed by atoms with E-state index in [2.05, 4.69) is 9.62 Å². The van der Waals surface area contributed by atoms with Crippen LogP contribution in [-0.2, 0) is 21.2 Å². The molecule has 35 heavy (non-hydrogen) atoms. The van der Waals surface area contributed by atoms with E-state index in [0.29, 0.717) is 25.2 Å². The van der Waals surface area contributed by atoms with E-state index >= 15 is 0 Å². The van der Waals surface area contributed by atoms with Gasteiger partial charge in [0.15, 0.2) is 0 Å². The van der Waals surface area contributed by atoms with Gasteiger partial charge in [-0.05, 0) is 53.6 Å². The highest BCUT2D eigenvalue weighted by atomic mass is 32.2. The van der Waals surface area contributed by atoms with Crippen molar-refractivity contribution in [2.45, 2.75) is 6.42 Å². The molecule has 0 bridgehead atoms. The number of methoxy groups -OCH3 is 1. The van der Waals surface area contributed by atoms with Crippen LogP contribution in [-0.4, -0.2) is 52.5 Å². The Bertz CT molecular complexity index is 1250. The van der Waals surface area contributed by atoms with Crippen LogP contribution in [0.2, 0.25) is 0 Å². The standard InChI is InChI=1S/C27H29N3O4S/c1-34-26-13-7-23(8-14-26)21-27(31)30-18-16-29(17-19-30)25-11-9-24(10-12-25)28-35(32,33)20-15-22-5-3-2-4-6-22/h2-15,20,28H,16-19,21H2,1H3. The summed E-state index contributed by atoms with van der Waals surface area (Å²) in [5, 5.41) is 1.17. The van der Waals surface area contributed by atoms with Crippen LogP contribution in [0.15, 0.2) is 84.3 Å². The summed E-state index contributed by atoms with van der Waals surface area (Å²) in [6.45, 7) is 2.74. The molecule has 0 radical (unpaired) electrons. The van der Waals surface area contributed by atoms with Crippen molar-refractivity contribution in [2.75, 3.05) is 42.9 Å². The Morgan fingerprint density at radius 2 is 1.57 bits per heavy atom. The highest BCUT2D eigenvalue weighted by Crippen LogP contribution is 2.21. The molecular weight excluding hydrogens is 462 g/mol. The van der Waals surface area contributed by atoms with Gasteiger partial charge in [0.05, 0.1) is 18.9 Å². The number of benzene rings is 3. The lowest BCUT2D eigenvalue weighted by molar-refractivity contribution is -0.130. The first-order valence-electron chi connectivity index (χ1n) is 11.4. The smallest absolute Gasteiger partial charge is 0.255 e. The minimum absolute atomic E-state index is 0.114. The third-order valence-electron chi connectivity index (χ3n) is 5.88. The van der Waals surface area contributed by atoms with Crippen LogP contribution in [0, 0.1) is 0 Å². The number of anilines is 2. The second-order valence-corrected chi connectivity index (χ2v) is 9.87. The maximum atomic E-state index is 12.7. The van der Waals surface area contributed by atoms with Gasteiger partial charge in [0, 0.05) is 37.6 Å². The molecular formula is C27H29N3O4S. The molecule has 1 amide bonds. The van der Waals surface area contributed by atoms with Gasteiger partial charge in [-0.15, -0.1) is 0 Å². The molecule has 4 rings (SSSR count). The minimum Gasteiger partial charge on any atom is -0.497 e. The third kappa shape index (κ3) is 6.86. The molecule has 0 atom stereocenters. The molecule has 0 saturated carbocycles. The zero-order valence-electron chi connectivity index (χ0n) is 19.6. The van der Waals surface area contributed by atoms with E-state index in [1.54, 1.807) is 25.3 Å². The van der Waals surface area contributed by atoms with E-state index in [4.69, 9.17) is 4.74 Å². The number of ether oxygens (including phenoxy) is 1. The van der Waals surface area contributed by atoms with Crippen molar-refractivity contribution in [1.29, 1.82) is 0 Å². The number of hydrogen-bond donors (Lipinski definition) is 1. The molecule has 3 aromatic rings. The first kappa shape index (κ1) is 24.3. The highest BCUT2D eigenvalue weighted by molar-refractivity contribution is 7.95. The van der Waals surface area contributed by atoms with Gasteiger partial charge in [-0.2, -0.15) is 0 Å². The molecule has 7 nitrogen and oxygen atoms in total. The summed E-state index contributed by atoms with van der Waals surface area (Å²) in [6, 6.07) is 24.1. The van der Waals surface area contributed by atoms with Gasteiger partial charge in [-0.3, -0.25) is 9.52 Å². The molecule has 1 aliphatic heterocycles. The summed E-state index contributed by atoms with van der Waals surface area (Å²) in [7, 11) is -1.99. The largest absolute Gasteiger partial charge is 0.497 e. The molecule has 1 N–H and O–H groups in total. The Morgan fingerprint density at radius 1 is 0.914 bits per heavy atom. The van der Waals surface area contributed by atoms with Crippen molar-refractivity contribution in [1.82, 2.24) is 4.90 Å². The number of rotatable bonds is 8. The van der Waals surface area contributed by atoms with Gasteiger partial charge in [-0.25, -0.2) is 8.42 Å². The lowest BCUT2D eigenvalue weighted by atomic mass is 10.1. The predicted octanol–water partition coefficient (Wildman–Crippen LogP) is 4.00. The molecule has 8 heteroatoms. The normalized spacial score (nSPS) is 14.2. The van der Waals surface area contributed by atoms with Gasteiger partial charge in [0.1, 0.15) is 5.75 Å².